The zero-order chi connectivity index (χ0) is 15.5. The molecule has 0 bridgehead atoms. The molecule has 5 nitrogen and oxygen atoms in total. The fourth-order valence-corrected chi connectivity index (χ4v) is 2.49. The normalized spacial score (nSPS) is 18.2. The van der Waals surface area contributed by atoms with Crippen LogP contribution in [0.5, 0.6) is 0 Å². The summed E-state index contributed by atoms with van der Waals surface area (Å²) in [5, 5.41) is 6.83. The third-order valence-corrected chi connectivity index (χ3v) is 3.84. The molecule has 0 atom stereocenters. The Kier molecular flexibility index (Phi) is 9.42. The highest BCUT2D eigenvalue weighted by Crippen LogP contribution is 2.15. The molecule has 2 N–H and O–H groups in total. The molecule has 0 aliphatic carbocycles. The molecule has 1 heterocycles. The van der Waals surface area contributed by atoms with E-state index in [9.17, 15) is 0 Å². The maximum atomic E-state index is 5.15. The van der Waals surface area contributed by atoms with Crippen molar-refractivity contribution in [2.75, 3.05) is 53.0 Å². The average Bonchev–Trinajstić information content (AvgIpc) is 2.49. The molecule has 0 saturated carbocycles. The number of nitrogens with one attached hydrogen (secondary N) is 2. The van der Waals surface area contributed by atoms with Gasteiger partial charge in [-0.3, -0.25) is 4.99 Å². The lowest BCUT2D eigenvalue weighted by atomic mass is 9.97. The summed E-state index contributed by atoms with van der Waals surface area (Å²) in [6, 6.07) is 0. The molecular weight excluding hydrogens is 264 g/mol. The Morgan fingerprint density at radius 3 is 2.57 bits per heavy atom. The molecule has 1 saturated heterocycles. The topological polar surface area (TPSA) is 48.9 Å². The van der Waals surface area contributed by atoms with E-state index in [4.69, 9.17) is 4.74 Å². The monoisotopic (exact) mass is 298 g/mol. The number of rotatable bonds is 8. The van der Waals surface area contributed by atoms with E-state index in [0.717, 1.165) is 44.7 Å². The molecule has 0 amide bonds. The van der Waals surface area contributed by atoms with Crippen molar-refractivity contribution in [1.82, 2.24) is 15.5 Å². The fraction of sp³-hybridized carbons (Fsp3) is 0.938. The van der Waals surface area contributed by atoms with Crippen LogP contribution in [0, 0.1) is 11.8 Å². The van der Waals surface area contributed by atoms with Gasteiger partial charge in [0.1, 0.15) is 0 Å². The Balaban J connectivity index is 2.25. The van der Waals surface area contributed by atoms with Crippen LogP contribution in [0.25, 0.3) is 0 Å². The number of aliphatic imine (C=N–C) groups is 1. The molecular formula is C16H34N4O. The summed E-state index contributed by atoms with van der Waals surface area (Å²) in [6.07, 6.45) is 2.53. The Bertz CT molecular complexity index is 286. The van der Waals surface area contributed by atoms with Gasteiger partial charge >= 0.3 is 0 Å². The first-order valence-electron chi connectivity index (χ1n) is 8.39. The maximum Gasteiger partial charge on any atom is 0.191 e. The van der Waals surface area contributed by atoms with Crippen molar-refractivity contribution in [2.45, 2.75) is 33.6 Å². The molecule has 1 fully saturated rings. The molecule has 5 heteroatoms. The van der Waals surface area contributed by atoms with Crippen LogP contribution in [-0.4, -0.2) is 63.8 Å². The molecule has 21 heavy (non-hydrogen) atoms. The smallest absolute Gasteiger partial charge is 0.191 e. The molecule has 1 aliphatic rings. The Morgan fingerprint density at radius 1 is 1.29 bits per heavy atom. The number of ether oxygens (including phenoxy) is 1. The van der Waals surface area contributed by atoms with E-state index in [0.29, 0.717) is 5.92 Å². The predicted octanol–water partition coefficient (Wildman–Crippen LogP) is 1.56. The van der Waals surface area contributed by atoms with Crippen molar-refractivity contribution in [1.29, 1.82) is 0 Å². The Morgan fingerprint density at radius 2 is 2.00 bits per heavy atom. The molecule has 0 spiro atoms. The summed E-state index contributed by atoms with van der Waals surface area (Å²) in [5.41, 5.74) is 0. The minimum atomic E-state index is 0.601. The molecule has 0 aromatic carbocycles. The van der Waals surface area contributed by atoms with E-state index < -0.39 is 0 Å². The van der Waals surface area contributed by atoms with Gasteiger partial charge in [0, 0.05) is 33.3 Å². The van der Waals surface area contributed by atoms with Crippen LogP contribution in [0.4, 0.5) is 0 Å². The highest BCUT2D eigenvalue weighted by Gasteiger charge is 2.18. The van der Waals surface area contributed by atoms with Crippen LogP contribution in [0.3, 0.4) is 0 Å². The summed E-state index contributed by atoms with van der Waals surface area (Å²) in [4.78, 5) is 7.12. The van der Waals surface area contributed by atoms with E-state index >= 15 is 0 Å². The van der Waals surface area contributed by atoms with Gasteiger partial charge in [-0.05, 0) is 44.7 Å². The van der Waals surface area contributed by atoms with Gasteiger partial charge in [0.15, 0.2) is 5.96 Å². The van der Waals surface area contributed by atoms with E-state index in [1.54, 1.807) is 7.11 Å². The lowest BCUT2D eigenvalue weighted by molar-refractivity contribution is 0.121. The minimum absolute atomic E-state index is 0.601. The van der Waals surface area contributed by atoms with Gasteiger partial charge in [0.05, 0.1) is 6.61 Å². The lowest BCUT2D eigenvalue weighted by Gasteiger charge is -2.32. The van der Waals surface area contributed by atoms with Gasteiger partial charge in [-0.15, -0.1) is 0 Å². The number of methoxy groups -OCH3 is 1. The van der Waals surface area contributed by atoms with Crippen molar-refractivity contribution < 1.29 is 4.74 Å². The van der Waals surface area contributed by atoms with Crippen molar-refractivity contribution in [2.24, 2.45) is 16.8 Å². The van der Waals surface area contributed by atoms with Gasteiger partial charge in [0.2, 0.25) is 0 Å². The number of hydrogen-bond donors (Lipinski definition) is 2. The second-order valence-electron chi connectivity index (χ2n) is 6.27. The van der Waals surface area contributed by atoms with Crippen molar-refractivity contribution in [3.8, 4) is 0 Å². The van der Waals surface area contributed by atoms with Gasteiger partial charge in [-0.1, -0.05) is 13.8 Å². The van der Waals surface area contributed by atoms with Crippen LogP contribution >= 0.6 is 0 Å². The van der Waals surface area contributed by atoms with E-state index in [2.05, 4.69) is 41.3 Å². The van der Waals surface area contributed by atoms with E-state index in [1.165, 1.54) is 25.9 Å². The summed E-state index contributed by atoms with van der Waals surface area (Å²) in [5.74, 6) is 2.32. The zero-order valence-electron chi connectivity index (χ0n) is 14.3. The van der Waals surface area contributed by atoms with Gasteiger partial charge in [0.25, 0.3) is 0 Å². The second-order valence-corrected chi connectivity index (χ2v) is 6.27. The van der Waals surface area contributed by atoms with Gasteiger partial charge in [-0.2, -0.15) is 0 Å². The number of nitrogens with zero attached hydrogens (tertiary/aromatic N) is 2. The average molecular weight is 298 g/mol. The highest BCUT2D eigenvalue weighted by atomic mass is 16.5. The molecule has 0 aromatic heterocycles. The molecule has 1 aliphatic heterocycles. The van der Waals surface area contributed by atoms with E-state index in [-0.39, 0.29) is 0 Å². The van der Waals surface area contributed by atoms with Crippen molar-refractivity contribution >= 4 is 5.96 Å². The van der Waals surface area contributed by atoms with Crippen molar-refractivity contribution in [3.63, 3.8) is 0 Å². The minimum Gasteiger partial charge on any atom is -0.383 e. The molecule has 0 radical (unpaired) electrons. The van der Waals surface area contributed by atoms with Crippen LogP contribution in [0.1, 0.15) is 33.6 Å². The highest BCUT2D eigenvalue weighted by molar-refractivity contribution is 5.79. The third-order valence-electron chi connectivity index (χ3n) is 3.84. The first-order chi connectivity index (χ1) is 10.2. The Labute approximate surface area is 130 Å². The van der Waals surface area contributed by atoms with Crippen LogP contribution < -0.4 is 10.6 Å². The third kappa shape index (κ3) is 8.27. The first kappa shape index (κ1) is 18.2. The number of hydrogen-bond acceptors (Lipinski definition) is 3. The molecule has 1 rings (SSSR count). The fourth-order valence-electron chi connectivity index (χ4n) is 2.49. The summed E-state index contributed by atoms with van der Waals surface area (Å²) >= 11 is 0. The van der Waals surface area contributed by atoms with Gasteiger partial charge < -0.3 is 20.3 Å². The Hall–Kier alpha value is -0.810. The standard InChI is InChI=1S/C16H34N4O/c1-5-17-16(18-12-14(2)3)19-13-15-6-8-20(9-7-15)10-11-21-4/h14-15H,5-13H2,1-4H3,(H2,17,18,19). The largest absolute Gasteiger partial charge is 0.383 e. The summed E-state index contributed by atoms with van der Waals surface area (Å²) < 4.78 is 5.15. The number of guanidine groups is 1. The predicted molar refractivity (Wildman–Crippen MR) is 89.9 cm³/mol. The van der Waals surface area contributed by atoms with Crippen molar-refractivity contribution in [3.05, 3.63) is 0 Å². The second kappa shape index (κ2) is 10.9. The van der Waals surface area contributed by atoms with Crippen LogP contribution in [0.2, 0.25) is 0 Å². The first-order valence-corrected chi connectivity index (χ1v) is 8.39. The van der Waals surface area contributed by atoms with Gasteiger partial charge in [-0.25, -0.2) is 0 Å². The number of likely N-dealkylation sites (tertiary alicyclic amines) is 1. The van der Waals surface area contributed by atoms with Crippen LogP contribution in [0.15, 0.2) is 4.99 Å². The summed E-state index contributed by atoms with van der Waals surface area (Å²) in [6.45, 7) is 13.6. The van der Waals surface area contributed by atoms with Crippen LogP contribution in [-0.2, 0) is 4.74 Å². The number of piperidine rings is 1. The quantitative estimate of drug-likeness (QED) is 0.527. The van der Waals surface area contributed by atoms with E-state index in [1.807, 2.05) is 0 Å². The summed E-state index contributed by atoms with van der Waals surface area (Å²) in [7, 11) is 1.77. The maximum absolute atomic E-state index is 5.15. The molecule has 0 aromatic rings. The molecule has 124 valence electrons. The SMILES string of the molecule is CCNC(=NCC(C)C)NCC1CCN(CCOC)CC1. The zero-order valence-corrected chi connectivity index (χ0v) is 14.3. The lowest BCUT2D eigenvalue weighted by Crippen LogP contribution is -2.43. The molecule has 0 unspecified atom stereocenters.